The number of halogens is 3. The van der Waals surface area contributed by atoms with Gasteiger partial charge in [0.15, 0.2) is 0 Å². The molecule has 0 aliphatic rings. The maximum atomic E-state index is 12.9. The molecule has 0 aliphatic carbocycles. The minimum Gasteiger partial charge on any atom is -0.481 e. The number of nitrogens with zero attached hydrogens (tertiary/aromatic N) is 2. The van der Waals surface area contributed by atoms with Crippen molar-refractivity contribution in [3.63, 3.8) is 0 Å². The number of benzene rings is 1. The summed E-state index contributed by atoms with van der Waals surface area (Å²) in [6.45, 7) is 5.74. The first-order valence-corrected chi connectivity index (χ1v) is 9.90. The zero-order valence-corrected chi connectivity index (χ0v) is 17.4. The molecule has 0 saturated carbocycles. The van der Waals surface area contributed by atoms with Crippen LogP contribution in [0.2, 0.25) is 0 Å². The summed E-state index contributed by atoms with van der Waals surface area (Å²) in [6, 6.07) is 11.7. The molecule has 0 radical (unpaired) electrons. The molecule has 3 aromatic rings. The molecule has 0 saturated heterocycles. The van der Waals surface area contributed by atoms with Gasteiger partial charge in [0.1, 0.15) is 0 Å². The van der Waals surface area contributed by atoms with Crippen molar-refractivity contribution in [1.29, 1.82) is 0 Å². The topological polar surface area (TPSA) is 63.1 Å². The largest absolute Gasteiger partial charge is 0.481 e. The SMILES string of the molecule is Cc1ccc(-c2cc(C(CC(C)C)C(=O)O)cc(-c3ccc(C(F)(F)F)cc3)n2)cn1. The van der Waals surface area contributed by atoms with E-state index < -0.39 is 23.6 Å². The van der Waals surface area contributed by atoms with Crippen LogP contribution in [0, 0.1) is 12.8 Å². The summed E-state index contributed by atoms with van der Waals surface area (Å²) in [5.41, 5.74) is 2.75. The molecular weight excluding hydrogens is 405 g/mol. The van der Waals surface area contributed by atoms with Crippen LogP contribution in [-0.4, -0.2) is 21.0 Å². The number of aryl methyl sites for hydroxylation is 1. The maximum Gasteiger partial charge on any atom is 0.416 e. The standard InChI is InChI=1S/C24H23F3N2O2/c1-14(2)10-20(23(30)31)18-11-21(16-6-8-19(9-7-16)24(25,26)27)29-22(12-18)17-5-4-15(3)28-13-17/h4-9,11-14,20H,10H2,1-3H3,(H,30,31). The number of carboxylic acids is 1. The Labute approximate surface area is 178 Å². The minimum absolute atomic E-state index is 0.147. The summed E-state index contributed by atoms with van der Waals surface area (Å²) < 4.78 is 38.8. The van der Waals surface area contributed by atoms with E-state index in [0.717, 1.165) is 17.8 Å². The van der Waals surface area contributed by atoms with E-state index in [2.05, 4.69) is 9.97 Å². The van der Waals surface area contributed by atoms with E-state index in [-0.39, 0.29) is 5.92 Å². The molecule has 3 rings (SSSR count). The normalized spacial score (nSPS) is 12.7. The zero-order valence-electron chi connectivity index (χ0n) is 17.4. The van der Waals surface area contributed by atoms with Gasteiger partial charge in [0.25, 0.3) is 0 Å². The molecule has 0 amide bonds. The smallest absolute Gasteiger partial charge is 0.416 e. The van der Waals surface area contributed by atoms with E-state index in [1.807, 2.05) is 32.9 Å². The van der Waals surface area contributed by atoms with Gasteiger partial charge < -0.3 is 5.11 Å². The minimum atomic E-state index is -4.43. The average molecular weight is 428 g/mol. The Morgan fingerprint density at radius 3 is 2.06 bits per heavy atom. The van der Waals surface area contributed by atoms with E-state index in [9.17, 15) is 23.1 Å². The number of carboxylic acid groups (broad SMARTS) is 1. The van der Waals surface area contributed by atoms with E-state index in [1.54, 1.807) is 18.3 Å². The predicted octanol–water partition coefficient (Wildman–Crippen LogP) is 6.35. The molecule has 1 unspecified atom stereocenters. The van der Waals surface area contributed by atoms with Crippen LogP contribution in [0.1, 0.15) is 43.0 Å². The lowest BCUT2D eigenvalue weighted by atomic mass is 9.89. The van der Waals surface area contributed by atoms with Crippen LogP contribution in [0.15, 0.2) is 54.7 Å². The predicted molar refractivity (Wildman–Crippen MR) is 112 cm³/mol. The van der Waals surface area contributed by atoms with Gasteiger partial charge in [-0.3, -0.25) is 9.78 Å². The number of hydrogen-bond donors (Lipinski definition) is 1. The van der Waals surface area contributed by atoms with Crippen LogP contribution in [0.3, 0.4) is 0 Å². The number of rotatable bonds is 6. The van der Waals surface area contributed by atoms with Gasteiger partial charge >= 0.3 is 12.1 Å². The molecule has 0 fully saturated rings. The van der Waals surface area contributed by atoms with E-state index in [0.29, 0.717) is 34.5 Å². The summed E-state index contributed by atoms with van der Waals surface area (Å²) in [5.74, 6) is -1.56. The summed E-state index contributed by atoms with van der Waals surface area (Å²) in [7, 11) is 0. The van der Waals surface area contributed by atoms with Gasteiger partial charge in [-0.25, -0.2) is 4.98 Å². The van der Waals surface area contributed by atoms with Crippen molar-refractivity contribution in [2.75, 3.05) is 0 Å². The second-order valence-electron chi connectivity index (χ2n) is 7.95. The molecule has 0 bridgehead atoms. The molecule has 2 heterocycles. The van der Waals surface area contributed by atoms with Crippen LogP contribution in [0.5, 0.6) is 0 Å². The van der Waals surface area contributed by atoms with Gasteiger partial charge in [-0.05, 0) is 61.2 Å². The number of carbonyl (C=O) groups is 1. The highest BCUT2D eigenvalue weighted by atomic mass is 19.4. The molecule has 1 aromatic carbocycles. The molecule has 7 heteroatoms. The number of hydrogen-bond acceptors (Lipinski definition) is 3. The lowest BCUT2D eigenvalue weighted by Crippen LogP contribution is -2.14. The number of alkyl halides is 3. The molecule has 162 valence electrons. The second kappa shape index (κ2) is 8.88. The molecular formula is C24H23F3N2O2. The summed E-state index contributed by atoms with van der Waals surface area (Å²) in [4.78, 5) is 20.8. The molecule has 31 heavy (non-hydrogen) atoms. The lowest BCUT2D eigenvalue weighted by molar-refractivity contribution is -0.139. The fourth-order valence-corrected chi connectivity index (χ4v) is 3.35. The monoisotopic (exact) mass is 428 g/mol. The Kier molecular flexibility index (Phi) is 6.43. The van der Waals surface area contributed by atoms with Gasteiger partial charge in [0, 0.05) is 23.0 Å². The first-order chi connectivity index (χ1) is 14.5. The van der Waals surface area contributed by atoms with Crippen molar-refractivity contribution in [3.05, 3.63) is 71.5 Å². The van der Waals surface area contributed by atoms with Crippen LogP contribution < -0.4 is 0 Å². The van der Waals surface area contributed by atoms with E-state index in [1.165, 1.54) is 12.1 Å². The summed E-state index contributed by atoms with van der Waals surface area (Å²) in [6.07, 6.45) is -2.36. The van der Waals surface area contributed by atoms with Crippen molar-refractivity contribution >= 4 is 5.97 Å². The van der Waals surface area contributed by atoms with Crippen LogP contribution >= 0.6 is 0 Å². The first kappa shape index (κ1) is 22.5. The summed E-state index contributed by atoms with van der Waals surface area (Å²) >= 11 is 0. The highest BCUT2D eigenvalue weighted by Crippen LogP contribution is 2.34. The fraction of sp³-hybridized carbons (Fsp3) is 0.292. The first-order valence-electron chi connectivity index (χ1n) is 9.90. The third-order valence-corrected chi connectivity index (χ3v) is 4.97. The Hall–Kier alpha value is -3.22. The highest BCUT2D eigenvalue weighted by molar-refractivity contribution is 5.78. The van der Waals surface area contributed by atoms with Crippen LogP contribution in [-0.2, 0) is 11.0 Å². The van der Waals surface area contributed by atoms with E-state index >= 15 is 0 Å². The van der Waals surface area contributed by atoms with Crippen LogP contribution in [0.4, 0.5) is 13.2 Å². The molecule has 0 aliphatic heterocycles. The second-order valence-corrected chi connectivity index (χ2v) is 7.95. The highest BCUT2D eigenvalue weighted by Gasteiger charge is 2.30. The van der Waals surface area contributed by atoms with E-state index in [4.69, 9.17) is 0 Å². The Bertz CT molecular complexity index is 1060. The molecule has 1 atom stereocenters. The van der Waals surface area contributed by atoms with Gasteiger partial charge in [-0.1, -0.05) is 26.0 Å². The quantitative estimate of drug-likeness (QED) is 0.497. The Balaban J connectivity index is 2.14. The van der Waals surface area contributed by atoms with Gasteiger partial charge in [-0.15, -0.1) is 0 Å². The molecule has 2 aromatic heterocycles. The van der Waals surface area contributed by atoms with Crippen molar-refractivity contribution in [2.24, 2.45) is 5.92 Å². The molecule has 4 nitrogen and oxygen atoms in total. The Morgan fingerprint density at radius 2 is 1.58 bits per heavy atom. The van der Waals surface area contributed by atoms with Gasteiger partial charge in [-0.2, -0.15) is 13.2 Å². The number of pyridine rings is 2. The lowest BCUT2D eigenvalue weighted by Gasteiger charge is -2.18. The zero-order chi connectivity index (χ0) is 22.8. The molecule has 0 spiro atoms. The fourth-order valence-electron chi connectivity index (χ4n) is 3.35. The Morgan fingerprint density at radius 1 is 1.00 bits per heavy atom. The summed E-state index contributed by atoms with van der Waals surface area (Å²) in [5, 5.41) is 9.80. The third kappa shape index (κ3) is 5.48. The van der Waals surface area contributed by atoms with Crippen molar-refractivity contribution in [2.45, 2.75) is 39.3 Å². The van der Waals surface area contributed by atoms with Gasteiger partial charge in [0.05, 0.1) is 22.9 Å². The third-order valence-electron chi connectivity index (χ3n) is 4.97. The van der Waals surface area contributed by atoms with Crippen molar-refractivity contribution in [3.8, 4) is 22.5 Å². The van der Waals surface area contributed by atoms with Crippen molar-refractivity contribution < 1.29 is 23.1 Å². The van der Waals surface area contributed by atoms with Crippen molar-refractivity contribution in [1.82, 2.24) is 9.97 Å². The molecule has 1 N–H and O–H groups in total. The maximum absolute atomic E-state index is 12.9. The number of aromatic nitrogens is 2. The average Bonchev–Trinajstić information content (AvgIpc) is 2.71. The number of aliphatic carboxylic acids is 1. The van der Waals surface area contributed by atoms with Crippen LogP contribution in [0.25, 0.3) is 22.5 Å². The van der Waals surface area contributed by atoms with Gasteiger partial charge in [0.2, 0.25) is 0 Å².